The van der Waals surface area contributed by atoms with E-state index in [0.29, 0.717) is 18.7 Å². The normalized spacial score (nSPS) is 24.3. The van der Waals surface area contributed by atoms with E-state index in [0.717, 1.165) is 53.2 Å². The number of pyridine rings is 1. The monoisotopic (exact) mass is 572 g/mol. The minimum Gasteiger partial charge on any atom is -0.491 e. The third-order valence-electron chi connectivity index (χ3n) is 8.31. The Hall–Kier alpha value is -4.10. The molecule has 4 atom stereocenters. The van der Waals surface area contributed by atoms with Crippen LogP contribution in [0.4, 0.5) is 20.6 Å². The molecule has 42 heavy (non-hydrogen) atoms. The Bertz CT molecular complexity index is 1530. The first kappa shape index (κ1) is 28.0. The largest absolute Gasteiger partial charge is 0.491 e. The lowest BCUT2D eigenvalue weighted by atomic mass is 10.0. The van der Waals surface area contributed by atoms with E-state index < -0.39 is 23.9 Å². The lowest BCUT2D eigenvalue weighted by Gasteiger charge is -2.45. The molecule has 0 aliphatic carbocycles. The Morgan fingerprint density at radius 2 is 1.98 bits per heavy atom. The van der Waals surface area contributed by atoms with Crippen molar-refractivity contribution >= 4 is 28.4 Å². The molecule has 220 valence electrons. The molecule has 10 heteroatoms. The van der Waals surface area contributed by atoms with Gasteiger partial charge in [-0.3, -0.25) is 9.88 Å². The van der Waals surface area contributed by atoms with Crippen LogP contribution >= 0.6 is 0 Å². The topological polar surface area (TPSA) is 94.0 Å². The zero-order valence-corrected chi connectivity index (χ0v) is 24.5. The number of nitriles is 1. The van der Waals surface area contributed by atoms with Gasteiger partial charge in [-0.1, -0.05) is 6.07 Å². The standard InChI is InChI=1S/C32H37FN6O3/c1-20-14-38(28-10-8-21(13-34)30-25(28)6-5-11-35-30)16-24-19-41-29-12-23(9-7-22(29)15-39(20)24)37-17-26(33)27(18-37)36-31(40)42-32(2,3)4/h5-12,20,24,26-27H,14-19H2,1-4H3,(H,36,40)/t20-,24-,26+,27-/m1/s1. The highest BCUT2D eigenvalue weighted by molar-refractivity contribution is 5.95. The fourth-order valence-electron chi connectivity index (χ4n) is 6.33. The fraction of sp³-hybridized carbons (Fsp3) is 0.469. The summed E-state index contributed by atoms with van der Waals surface area (Å²) >= 11 is 0. The number of nitrogens with zero attached hydrogens (tertiary/aromatic N) is 5. The van der Waals surface area contributed by atoms with Crippen molar-refractivity contribution in [1.82, 2.24) is 15.2 Å². The molecule has 6 rings (SSSR count). The molecule has 0 radical (unpaired) electrons. The lowest BCUT2D eigenvalue weighted by molar-refractivity contribution is 0.0490. The molecule has 0 spiro atoms. The summed E-state index contributed by atoms with van der Waals surface area (Å²) in [6, 6.07) is 16.0. The zero-order valence-electron chi connectivity index (χ0n) is 24.5. The number of hydrogen-bond acceptors (Lipinski definition) is 8. The van der Waals surface area contributed by atoms with Gasteiger partial charge in [-0.2, -0.15) is 5.26 Å². The van der Waals surface area contributed by atoms with Gasteiger partial charge < -0.3 is 24.6 Å². The summed E-state index contributed by atoms with van der Waals surface area (Å²) in [7, 11) is 0. The summed E-state index contributed by atoms with van der Waals surface area (Å²) in [6.07, 6.45) is -0.0787. The number of piperazine rings is 1. The lowest BCUT2D eigenvalue weighted by Crippen LogP contribution is -2.58. The number of alkyl carbamates (subject to hydrolysis) is 1. The maximum absolute atomic E-state index is 14.9. The van der Waals surface area contributed by atoms with E-state index in [9.17, 15) is 14.4 Å². The van der Waals surface area contributed by atoms with Crippen LogP contribution in [-0.4, -0.2) is 78.7 Å². The highest BCUT2D eigenvalue weighted by atomic mass is 19.1. The van der Waals surface area contributed by atoms with Crippen LogP contribution in [0.1, 0.15) is 38.8 Å². The van der Waals surface area contributed by atoms with Gasteiger partial charge in [0.15, 0.2) is 0 Å². The highest BCUT2D eigenvalue weighted by Gasteiger charge is 2.38. The van der Waals surface area contributed by atoms with Crippen LogP contribution in [0.2, 0.25) is 0 Å². The quantitative estimate of drug-likeness (QED) is 0.486. The molecular weight excluding hydrogens is 535 g/mol. The Morgan fingerprint density at radius 3 is 2.76 bits per heavy atom. The molecule has 9 nitrogen and oxygen atoms in total. The number of ether oxygens (including phenoxy) is 2. The van der Waals surface area contributed by atoms with Gasteiger partial charge in [0, 0.05) is 66.8 Å². The number of fused-ring (bicyclic) bond motifs is 3. The second-order valence-corrected chi connectivity index (χ2v) is 12.5. The zero-order chi connectivity index (χ0) is 29.6. The maximum Gasteiger partial charge on any atom is 0.408 e. The molecule has 0 bridgehead atoms. The van der Waals surface area contributed by atoms with Crippen LogP contribution in [0.5, 0.6) is 5.75 Å². The summed E-state index contributed by atoms with van der Waals surface area (Å²) in [5.74, 6) is 0.813. The van der Waals surface area contributed by atoms with Gasteiger partial charge >= 0.3 is 6.09 Å². The summed E-state index contributed by atoms with van der Waals surface area (Å²) in [6.45, 7) is 11.1. The molecule has 0 unspecified atom stereocenters. The molecule has 2 aromatic carbocycles. The average molecular weight is 573 g/mol. The molecular formula is C32H37FN6O3. The van der Waals surface area contributed by atoms with Crippen LogP contribution in [-0.2, 0) is 11.3 Å². The van der Waals surface area contributed by atoms with E-state index in [4.69, 9.17) is 9.47 Å². The summed E-state index contributed by atoms with van der Waals surface area (Å²) in [4.78, 5) is 23.5. The smallest absolute Gasteiger partial charge is 0.408 e. The number of amides is 1. The molecule has 4 heterocycles. The van der Waals surface area contributed by atoms with E-state index in [1.54, 1.807) is 27.0 Å². The van der Waals surface area contributed by atoms with Crippen molar-refractivity contribution in [1.29, 1.82) is 5.26 Å². The van der Waals surface area contributed by atoms with Crippen molar-refractivity contribution in [3.63, 3.8) is 0 Å². The minimum absolute atomic E-state index is 0.163. The summed E-state index contributed by atoms with van der Waals surface area (Å²) in [5.41, 5.74) is 3.72. The van der Waals surface area contributed by atoms with E-state index >= 15 is 0 Å². The van der Waals surface area contributed by atoms with E-state index in [-0.39, 0.29) is 18.6 Å². The van der Waals surface area contributed by atoms with Crippen molar-refractivity contribution in [3.8, 4) is 11.8 Å². The number of benzene rings is 2. The molecule has 3 aliphatic rings. The Labute approximate surface area is 245 Å². The van der Waals surface area contributed by atoms with Crippen LogP contribution in [0.3, 0.4) is 0 Å². The molecule has 2 fully saturated rings. The highest BCUT2D eigenvalue weighted by Crippen LogP contribution is 2.36. The van der Waals surface area contributed by atoms with Crippen LogP contribution in [0, 0.1) is 11.3 Å². The molecule has 1 N–H and O–H groups in total. The SMILES string of the molecule is C[C@@H]1CN(c2ccc(C#N)c3ncccc23)C[C@@H]2COc3cc(N4C[C@H](F)[C@H](NC(=O)OC(C)(C)C)C4)ccc3CN21. The molecule has 3 aromatic rings. The summed E-state index contributed by atoms with van der Waals surface area (Å²) in [5, 5.41) is 13.2. The molecule has 1 amide bonds. The van der Waals surface area contributed by atoms with Crippen molar-refractivity contribution < 1.29 is 18.7 Å². The van der Waals surface area contributed by atoms with Crippen LogP contribution in [0.15, 0.2) is 48.7 Å². The Kier molecular flexibility index (Phi) is 7.31. The van der Waals surface area contributed by atoms with Gasteiger partial charge in [0.1, 0.15) is 30.2 Å². The molecule has 1 aromatic heterocycles. The number of alkyl halides is 1. The number of carbonyl (C=O) groups is 1. The number of hydrogen-bond donors (Lipinski definition) is 1. The number of rotatable bonds is 3. The summed E-state index contributed by atoms with van der Waals surface area (Å²) < 4.78 is 26.6. The predicted molar refractivity (Wildman–Crippen MR) is 160 cm³/mol. The van der Waals surface area contributed by atoms with Gasteiger partial charge in [0.2, 0.25) is 0 Å². The first-order valence-corrected chi connectivity index (χ1v) is 14.5. The van der Waals surface area contributed by atoms with Crippen molar-refractivity contribution in [3.05, 3.63) is 59.8 Å². The predicted octanol–water partition coefficient (Wildman–Crippen LogP) is 4.63. The minimum atomic E-state index is -1.20. The number of halogens is 1. The maximum atomic E-state index is 14.9. The van der Waals surface area contributed by atoms with Gasteiger partial charge in [-0.25, -0.2) is 9.18 Å². The van der Waals surface area contributed by atoms with Gasteiger partial charge in [0.05, 0.1) is 29.7 Å². The first-order valence-electron chi connectivity index (χ1n) is 14.5. The average Bonchev–Trinajstić information content (AvgIpc) is 3.19. The second-order valence-electron chi connectivity index (χ2n) is 12.5. The number of nitrogens with one attached hydrogen (secondary N) is 1. The van der Waals surface area contributed by atoms with E-state index in [1.807, 2.05) is 41.3 Å². The molecule has 3 aliphatic heterocycles. The van der Waals surface area contributed by atoms with Crippen molar-refractivity contribution in [2.75, 3.05) is 42.6 Å². The van der Waals surface area contributed by atoms with Gasteiger partial charge in [-0.05, 0) is 58.0 Å². The van der Waals surface area contributed by atoms with Crippen LogP contribution < -0.4 is 19.9 Å². The van der Waals surface area contributed by atoms with E-state index in [1.165, 1.54) is 0 Å². The van der Waals surface area contributed by atoms with Crippen molar-refractivity contribution in [2.45, 2.75) is 64.1 Å². The number of anilines is 2. The van der Waals surface area contributed by atoms with Crippen LogP contribution in [0.25, 0.3) is 10.9 Å². The third kappa shape index (κ3) is 5.53. The Morgan fingerprint density at radius 1 is 1.14 bits per heavy atom. The second kappa shape index (κ2) is 11.0. The molecule has 2 saturated heterocycles. The number of aromatic nitrogens is 1. The van der Waals surface area contributed by atoms with Gasteiger partial charge in [-0.15, -0.1) is 0 Å². The first-order chi connectivity index (χ1) is 20.1. The van der Waals surface area contributed by atoms with Crippen molar-refractivity contribution in [2.24, 2.45) is 0 Å². The Balaban J connectivity index is 1.16. The fourth-order valence-corrected chi connectivity index (χ4v) is 6.33. The third-order valence-corrected chi connectivity index (χ3v) is 8.31. The van der Waals surface area contributed by atoms with Gasteiger partial charge in [0.25, 0.3) is 0 Å². The molecule has 0 saturated carbocycles. The van der Waals surface area contributed by atoms with E-state index in [2.05, 4.69) is 39.2 Å². The number of carbonyl (C=O) groups excluding carboxylic acids is 1.